The van der Waals surface area contributed by atoms with Gasteiger partial charge in [0, 0.05) is 44.8 Å². The van der Waals surface area contributed by atoms with Gasteiger partial charge in [-0.15, -0.1) is 0 Å². The van der Waals surface area contributed by atoms with Crippen LogP contribution in [-0.2, 0) is 16.2 Å². The predicted octanol–water partition coefficient (Wildman–Crippen LogP) is 1.01. The molecule has 6 nitrogen and oxygen atoms in total. The first kappa shape index (κ1) is 19.7. The summed E-state index contributed by atoms with van der Waals surface area (Å²) in [7, 11) is -3.19. The van der Waals surface area contributed by atoms with Crippen LogP contribution in [0.2, 0.25) is 0 Å². The number of hydrogen-bond acceptors (Lipinski definition) is 4. The van der Waals surface area contributed by atoms with Crippen LogP contribution < -0.4 is 5.32 Å². The minimum Gasteiger partial charge on any atom is -0.351 e. The fourth-order valence-electron chi connectivity index (χ4n) is 2.55. The molecule has 0 spiro atoms. The van der Waals surface area contributed by atoms with Crippen LogP contribution in [0.1, 0.15) is 15.9 Å². The summed E-state index contributed by atoms with van der Waals surface area (Å²) >= 11 is 0. The zero-order valence-corrected chi connectivity index (χ0v) is 14.5. The number of hydrogen-bond donors (Lipinski definition) is 1. The first-order valence-electron chi connectivity index (χ1n) is 7.70. The van der Waals surface area contributed by atoms with E-state index in [0.717, 1.165) is 18.4 Å². The van der Waals surface area contributed by atoms with Crippen molar-refractivity contribution in [3.8, 4) is 0 Å². The number of sulfonamides is 1. The van der Waals surface area contributed by atoms with E-state index in [2.05, 4.69) is 5.32 Å². The highest BCUT2D eigenvalue weighted by atomic mass is 32.2. The quantitative estimate of drug-likeness (QED) is 0.829. The van der Waals surface area contributed by atoms with Gasteiger partial charge in [0.2, 0.25) is 10.0 Å². The molecule has 0 aliphatic carbocycles. The van der Waals surface area contributed by atoms with Crippen LogP contribution in [0.5, 0.6) is 0 Å². The molecular weight excluding hydrogens is 359 g/mol. The molecule has 1 heterocycles. The van der Waals surface area contributed by atoms with Gasteiger partial charge in [-0.25, -0.2) is 8.42 Å². The van der Waals surface area contributed by atoms with Crippen molar-refractivity contribution in [1.82, 2.24) is 14.5 Å². The molecule has 1 aromatic rings. The van der Waals surface area contributed by atoms with Crippen molar-refractivity contribution >= 4 is 15.9 Å². The molecule has 10 heteroatoms. The lowest BCUT2D eigenvalue weighted by Crippen LogP contribution is -2.49. The summed E-state index contributed by atoms with van der Waals surface area (Å²) in [4.78, 5) is 14.0. The number of alkyl halides is 3. The van der Waals surface area contributed by atoms with Crippen LogP contribution in [0.4, 0.5) is 13.2 Å². The van der Waals surface area contributed by atoms with Crippen molar-refractivity contribution in [1.29, 1.82) is 0 Å². The highest BCUT2D eigenvalue weighted by molar-refractivity contribution is 7.88. The van der Waals surface area contributed by atoms with Crippen LogP contribution in [0.25, 0.3) is 0 Å². The molecule has 0 atom stereocenters. The van der Waals surface area contributed by atoms with Crippen LogP contribution >= 0.6 is 0 Å². The lowest BCUT2D eigenvalue weighted by Gasteiger charge is -2.33. The Morgan fingerprint density at radius 3 is 2.40 bits per heavy atom. The van der Waals surface area contributed by atoms with Crippen LogP contribution in [0.15, 0.2) is 24.3 Å². The summed E-state index contributed by atoms with van der Waals surface area (Å²) in [5.41, 5.74) is -0.909. The Kier molecular flexibility index (Phi) is 6.07. The standard InChI is InChI=1S/C15H20F3N3O3S/c1-25(23,24)21-9-7-20(8-10-21)6-5-19-14(22)12-3-2-4-13(11-12)15(16,17)18/h2-4,11H,5-10H2,1H3,(H,19,22). The van der Waals surface area contributed by atoms with Crippen LogP contribution in [0.3, 0.4) is 0 Å². The molecule has 0 bridgehead atoms. The van der Waals surface area contributed by atoms with Crippen molar-refractivity contribution in [3.63, 3.8) is 0 Å². The molecule has 0 radical (unpaired) electrons. The summed E-state index contributed by atoms with van der Waals surface area (Å²) in [6, 6.07) is 4.26. The minimum atomic E-state index is -4.49. The molecule has 1 N–H and O–H groups in total. The van der Waals surface area contributed by atoms with Gasteiger partial charge in [0.25, 0.3) is 5.91 Å². The van der Waals surface area contributed by atoms with Gasteiger partial charge >= 0.3 is 6.18 Å². The highest BCUT2D eigenvalue weighted by Crippen LogP contribution is 2.29. The number of halogens is 3. The summed E-state index contributed by atoms with van der Waals surface area (Å²) < 4.78 is 62.2. The Balaban J connectivity index is 1.80. The Labute approximate surface area is 144 Å². The maximum absolute atomic E-state index is 12.7. The summed E-state index contributed by atoms with van der Waals surface area (Å²) in [6.07, 6.45) is -3.33. The second kappa shape index (κ2) is 7.71. The van der Waals surface area contributed by atoms with Gasteiger partial charge in [-0.05, 0) is 18.2 Å². The molecule has 25 heavy (non-hydrogen) atoms. The lowest BCUT2D eigenvalue weighted by molar-refractivity contribution is -0.137. The van der Waals surface area contributed by atoms with E-state index in [1.807, 2.05) is 4.90 Å². The molecule has 1 amide bonds. The topological polar surface area (TPSA) is 69.7 Å². The summed E-state index contributed by atoms with van der Waals surface area (Å²) in [6.45, 7) is 2.65. The fraction of sp³-hybridized carbons (Fsp3) is 0.533. The molecule has 1 fully saturated rings. The molecule has 0 saturated carbocycles. The zero-order valence-electron chi connectivity index (χ0n) is 13.7. The minimum absolute atomic E-state index is 0.0447. The summed E-state index contributed by atoms with van der Waals surface area (Å²) in [5.74, 6) is -0.569. The van der Waals surface area contributed by atoms with E-state index >= 15 is 0 Å². The van der Waals surface area contributed by atoms with Crippen LogP contribution in [0, 0.1) is 0 Å². The smallest absolute Gasteiger partial charge is 0.351 e. The molecule has 2 rings (SSSR count). The second-order valence-electron chi connectivity index (χ2n) is 5.84. The van der Waals surface area contributed by atoms with Crippen molar-refractivity contribution in [2.24, 2.45) is 0 Å². The van der Waals surface area contributed by atoms with Gasteiger partial charge < -0.3 is 5.32 Å². The number of amides is 1. The second-order valence-corrected chi connectivity index (χ2v) is 7.82. The molecule has 1 aromatic carbocycles. The number of carbonyl (C=O) groups is 1. The van der Waals surface area contributed by atoms with E-state index in [1.54, 1.807) is 0 Å². The van der Waals surface area contributed by atoms with E-state index in [1.165, 1.54) is 16.4 Å². The van der Waals surface area contributed by atoms with E-state index < -0.39 is 27.7 Å². The van der Waals surface area contributed by atoms with Crippen molar-refractivity contribution in [2.75, 3.05) is 45.5 Å². The monoisotopic (exact) mass is 379 g/mol. The largest absolute Gasteiger partial charge is 0.416 e. The first-order chi connectivity index (χ1) is 11.6. The fourth-order valence-corrected chi connectivity index (χ4v) is 3.38. The van der Waals surface area contributed by atoms with E-state index in [4.69, 9.17) is 0 Å². The number of rotatable bonds is 5. The molecule has 0 aromatic heterocycles. The van der Waals surface area contributed by atoms with Crippen LogP contribution in [-0.4, -0.2) is 69.1 Å². The third-order valence-corrected chi connectivity index (χ3v) is 5.27. The van der Waals surface area contributed by atoms with E-state index in [-0.39, 0.29) is 12.1 Å². The van der Waals surface area contributed by atoms with Gasteiger partial charge in [-0.3, -0.25) is 9.69 Å². The maximum atomic E-state index is 12.7. The number of piperazine rings is 1. The van der Waals surface area contributed by atoms with Gasteiger partial charge in [0.05, 0.1) is 11.8 Å². The normalized spacial score (nSPS) is 17.4. The lowest BCUT2D eigenvalue weighted by atomic mass is 10.1. The predicted molar refractivity (Wildman–Crippen MR) is 86.6 cm³/mol. The Hall–Kier alpha value is -1.65. The molecule has 1 aliphatic rings. The number of nitrogens with zero attached hydrogens (tertiary/aromatic N) is 2. The van der Waals surface area contributed by atoms with Crippen molar-refractivity contribution < 1.29 is 26.4 Å². The average Bonchev–Trinajstić information content (AvgIpc) is 2.54. The zero-order chi connectivity index (χ0) is 18.7. The SMILES string of the molecule is CS(=O)(=O)N1CCN(CCNC(=O)c2cccc(C(F)(F)F)c2)CC1. The third kappa shape index (κ3) is 5.68. The first-order valence-corrected chi connectivity index (χ1v) is 9.55. The Morgan fingerprint density at radius 2 is 1.84 bits per heavy atom. The third-order valence-electron chi connectivity index (χ3n) is 3.97. The highest BCUT2D eigenvalue weighted by Gasteiger charge is 2.31. The molecule has 1 saturated heterocycles. The molecule has 0 unspecified atom stereocenters. The number of benzene rings is 1. The summed E-state index contributed by atoms with van der Waals surface area (Å²) in [5, 5.41) is 2.59. The number of nitrogens with one attached hydrogen (secondary N) is 1. The molecular formula is C15H20F3N3O3S. The molecule has 1 aliphatic heterocycles. The van der Waals surface area contributed by atoms with E-state index in [0.29, 0.717) is 32.7 Å². The maximum Gasteiger partial charge on any atom is 0.416 e. The van der Waals surface area contributed by atoms with Crippen molar-refractivity contribution in [3.05, 3.63) is 35.4 Å². The van der Waals surface area contributed by atoms with Gasteiger partial charge in [0.1, 0.15) is 0 Å². The molecule has 140 valence electrons. The Bertz CT molecular complexity index is 714. The number of carbonyl (C=O) groups excluding carboxylic acids is 1. The average molecular weight is 379 g/mol. The van der Waals surface area contributed by atoms with E-state index in [9.17, 15) is 26.4 Å². The van der Waals surface area contributed by atoms with Gasteiger partial charge in [-0.2, -0.15) is 17.5 Å². The van der Waals surface area contributed by atoms with Crippen molar-refractivity contribution in [2.45, 2.75) is 6.18 Å². The Morgan fingerprint density at radius 1 is 1.20 bits per heavy atom. The van der Waals surface area contributed by atoms with Gasteiger partial charge in [-0.1, -0.05) is 6.07 Å². The van der Waals surface area contributed by atoms with Gasteiger partial charge in [0.15, 0.2) is 0 Å².